The van der Waals surface area contributed by atoms with Crippen LogP contribution in [0.3, 0.4) is 0 Å². The first-order valence-electron chi connectivity index (χ1n) is 10.2. The molecule has 2 aromatic rings. The third-order valence-corrected chi connectivity index (χ3v) is 5.33. The second kappa shape index (κ2) is 18.3. The van der Waals surface area contributed by atoms with Crippen LogP contribution in [0.5, 0.6) is 0 Å². The molecule has 2 amide bonds. The number of anilines is 2. The summed E-state index contributed by atoms with van der Waals surface area (Å²) in [5, 5.41) is 25.9. The van der Waals surface area contributed by atoms with Crippen molar-refractivity contribution in [3.8, 4) is 0 Å². The van der Waals surface area contributed by atoms with Crippen molar-refractivity contribution in [2.75, 3.05) is 28.3 Å². The molecule has 15 heteroatoms. The van der Waals surface area contributed by atoms with Gasteiger partial charge in [-0.3, -0.25) is 34.6 Å². The largest absolute Gasteiger partial charge is 0.325 e. The number of amides is 2. The first-order valence-corrected chi connectivity index (χ1v) is 12.1. The molecular formula is C23H28Cl4N4O7. The Morgan fingerprint density at radius 2 is 0.921 bits per heavy atom. The van der Waals surface area contributed by atoms with Gasteiger partial charge >= 0.3 is 0 Å². The van der Waals surface area contributed by atoms with Gasteiger partial charge in [0.25, 0.3) is 11.4 Å². The number of nitro benzene ring substituents is 2. The van der Waals surface area contributed by atoms with Crippen LogP contribution >= 0.6 is 46.4 Å². The van der Waals surface area contributed by atoms with E-state index in [4.69, 9.17) is 46.4 Å². The zero-order valence-electron chi connectivity index (χ0n) is 20.2. The van der Waals surface area contributed by atoms with E-state index in [1.54, 1.807) is 27.7 Å². The fourth-order valence-electron chi connectivity index (χ4n) is 2.83. The predicted molar refractivity (Wildman–Crippen MR) is 152 cm³/mol. The second-order valence-electron chi connectivity index (χ2n) is 7.28. The number of aryl methyl sites for hydroxylation is 4. The molecule has 0 saturated carbocycles. The molecular weight excluding hydrogens is 586 g/mol. The topological polar surface area (TPSA) is 162 Å². The molecule has 0 heterocycles. The van der Waals surface area contributed by atoms with E-state index in [1.165, 1.54) is 24.3 Å². The van der Waals surface area contributed by atoms with Crippen molar-refractivity contribution in [1.29, 1.82) is 0 Å². The summed E-state index contributed by atoms with van der Waals surface area (Å²) < 4.78 is 0. The third kappa shape index (κ3) is 13.0. The summed E-state index contributed by atoms with van der Waals surface area (Å²) in [5.74, 6) is -1.05. The SMILES string of the molecule is C.Cc1cc([N+](=O)[O-])cc(C)c1NC(=O)CCl.Cc1cc([N+](=O)[O-])cc(C)c1NC(=O)CCl.O=C(Cl)CCl. The van der Waals surface area contributed by atoms with E-state index in [1.807, 2.05) is 0 Å². The Labute approximate surface area is 240 Å². The maximum atomic E-state index is 11.1. The van der Waals surface area contributed by atoms with Gasteiger partial charge in [-0.25, -0.2) is 0 Å². The van der Waals surface area contributed by atoms with E-state index in [0.29, 0.717) is 33.6 Å². The maximum absolute atomic E-state index is 11.1. The fraction of sp³-hybridized carbons (Fsp3) is 0.348. The van der Waals surface area contributed by atoms with E-state index in [-0.39, 0.29) is 48.3 Å². The summed E-state index contributed by atoms with van der Waals surface area (Å²) in [4.78, 5) is 52.0. The third-order valence-electron chi connectivity index (χ3n) is 4.33. The lowest BCUT2D eigenvalue weighted by atomic mass is 10.1. The molecule has 0 aromatic heterocycles. The van der Waals surface area contributed by atoms with Gasteiger partial charge in [-0.05, 0) is 61.5 Å². The van der Waals surface area contributed by atoms with Gasteiger partial charge in [0, 0.05) is 35.6 Å². The van der Waals surface area contributed by atoms with Crippen molar-refractivity contribution in [1.82, 2.24) is 0 Å². The van der Waals surface area contributed by atoms with E-state index in [9.17, 15) is 34.6 Å². The number of hydrogen-bond acceptors (Lipinski definition) is 7. The zero-order chi connectivity index (χ0) is 28.9. The Morgan fingerprint density at radius 3 is 1.08 bits per heavy atom. The van der Waals surface area contributed by atoms with Gasteiger partial charge in [0.15, 0.2) is 0 Å². The summed E-state index contributed by atoms with van der Waals surface area (Å²) in [6.07, 6.45) is 0. The molecule has 0 aliphatic carbocycles. The quantitative estimate of drug-likeness (QED) is 0.158. The first-order chi connectivity index (χ1) is 17.2. The second-order valence-corrected chi connectivity index (χ2v) is 8.50. The molecule has 2 rings (SSSR count). The van der Waals surface area contributed by atoms with E-state index in [0.717, 1.165) is 0 Å². The van der Waals surface area contributed by atoms with Gasteiger partial charge in [0.05, 0.1) is 15.7 Å². The number of nitro groups is 2. The van der Waals surface area contributed by atoms with Crippen LogP contribution in [0.4, 0.5) is 22.7 Å². The van der Waals surface area contributed by atoms with Crippen LogP contribution in [0.1, 0.15) is 29.7 Å². The number of nitrogens with one attached hydrogen (secondary N) is 2. The molecule has 0 atom stereocenters. The minimum absolute atomic E-state index is 0. The van der Waals surface area contributed by atoms with Crippen molar-refractivity contribution in [2.24, 2.45) is 0 Å². The number of rotatable bonds is 7. The Kier molecular flexibility index (Phi) is 17.9. The average Bonchev–Trinajstić information content (AvgIpc) is 2.83. The molecule has 2 aromatic carbocycles. The van der Waals surface area contributed by atoms with Crippen LogP contribution in [-0.2, 0) is 14.4 Å². The smallest absolute Gasteiger partial charge is 0.270 e. The zero-order valence-corrected chi connectivity index (χ0v) is 23.2. The lowest BCUT2D eigenvalue weighted by Gasteiger charge is -2.10. The van der Waals surface area contributed by atoms with E-state index < -0.39 is 15.1 Å². The minimum Gasteiger partial charge on any atom is -0.325 e. The summed E-state index contributed by atoms with van der Waals surface area (Å²) in [6, 6.07) is 5.65. The number of hydrogen-bond donors (Lipinski definition) is 2. The highest BCUT2D eigenvalue weighted by Crippen LogP contribution is 2.27. The monoisotopic (exact) mass is 612 g/mol. The summed E-state index contributed by atoms with van der Waals surface area (Å²) in [5.41, 5.74) is 3.76. The van der Waals surface area contributed by atoms with Crippen molar-refractivity contribution in [3.63, 3.8) is 0 Å². The Balaban J connectivity index is 0. The predicted octanol–water partition coefficient (Wildman–Crippen LogP) is 6.40. The number of non-ortho nitro benzene ring substituents is 2. The van der Waals surface area contributed by atoms with Crippen molar-refractivity contribution < 1.29 is 24.2 Å². The minimum atomic E-state index is -0.508. The highest BCUT2D eigenvalue weighted by molar-refractivity contribution is 6.67. The van der Waals surface area contributed by atoms with Gasteiger partial charge in [-0.2, -0.15) is 0 Å². The van der Waals surface area contributed by atoms with Crippen LogP contribution in [0, 0.1) is 47.9 Å². The molecule has 0 fully saturated rings. The Bertz CT molecular complexity index is 1050. The summed E-state index contributed by atoms with van der Waals surface area (Å²) in [6.45, 7) is 6.79. The Morgan fingerprint density at radius 1 is 0.684 bits per heavy atom. The molecule has 0 radical (unpaired) electrons. The fourth-order valence-corrected chi connectivity index (χ4v) is 2.97. The van der Waals surface area contributed by atoms with Gasteiger partial charge in [0.1, 0.15) is 11.8 Å². The highest BCUT2D eigenvalue weighted by atomic mass is 35.5. The molecule has 38 heavy (non-hydrogen) atoms. The maximum Gasteiger partial charge on any atom is 0.270 e. The number of halogens is 4. The number of nitrogens with zero attached hydrogens (tertiary/aromatic N) is 2. The number of benzene rings is 2. The highest BCUT2D eigenvalue weighted by Gasteiger charge is 2.14. The van der Waals surface area contributed by atoms with Crippen LogP contribution in [-0.4, -0.2) is 44.5 Å². The van der Waals surface area contributed by atoms with Crippen molar-refractivity contribution >= 4 is 86.2 Å². The van der Waals surface area contributed by atoms with Crippen LogP contribution < -0.4 is 10.6 Å². The molecule has 0 aliphatic rings. The molecule has 11 nitrogen and oxygen atoms in total. The molecule has 2 N–H and O–H groups in total. The molecule has 210 valence electrons. The normalized spacial score (nSPS) is 9.37. The first kappa shape index (κ1) is 37.2. The molecule has 0 aliphatic heterocycles. The van der Waals surface area contributed by atoms with Crippen LogP contribution in [0.2, 0.25) is 0 Å². The lowest BCUT2D eigenvalue weighted by molar-refractivity contribution is -0.385. The number of carbonyl (C=O) groups excluding carboxylic acids is 3. The summed E-state index contributed by atoms with van der Waals surface area (Å²) in [7, 11) is 0. The average molecular weight is 614 g/mol. The van der Waals surface area contributed by atoms with Gasteiger partial charge in [-0.1, -0.05) is 7.43 Å². The number of alkyl halides is 3. The van der Waals surface area contributed by atoms with Gasteiger partial charge in [-0.15, -0.1) is 34.8 Å². The van der Waals surface area contributed by atoms with E-state index >= 15 is 0 Å². The molecule has 0 spiro atoms. The van der Waals surface area contributed by atoms with Gasteiger partial charge in [0.2, 0.25) is 17.1 Å². The van der Waals surface area contributed by atoms with Gasteiger partial charge < -0.3 is 10.6 Å². The molecule has 0 saturated heterocycles. The van der Waals surface area contributed by atoms with Crippen LogP contribution in [0.15, 0.2) is 24.3 Å². The summed E-state index contributed by atoms with van der Waals surface area (Å²) >= 11 is 20.3. The van der Waals surface area contributed by atoms with Crippen LogP contribution in [0.25, 0.3) is 0 Å². The Hall–Kier alpha value is -2.99. The lowest BCUT2D eigenvalue weighted by Crippen LogP contribution is -2.14. The van der Waals surface area contributed by atoms with Crippen molar-refractivity contribution in [2.45, 2.75) is 35.1 Å². The standard InChI is InChI=1S/2C10H11ClN2O3.C2H2Cl2O.CH4/c2*1-6-3-8(13(15)16)4-7(2)10(6)12-9(14)5-11;3-1-2(4)5;/h2*3-4H,5H2,1-2H3,(H,12,14);1H2;1H4. The van der Waals surface area contributed by atoms with Crippen molar-refractivity contribution in [3.05, 3.63) is 66.7 Å². The molecule has 0 unspecified atom stereocenters. The molecule has 0 bridgehead atoms. The van der Waals surface area contributed by atoms with E-state index in [2.05, 4.69) is 10.6 Å². The number of carbonyl (C=O) groups is 3.